The molecule has 1 aromatic heterocycles. The number of carbonyl (C=O) groups is 1. The van der Waals surface area contributed by atoms with Crippen molar-refractivity contribution in [2.24, 2.45) is 5.92 Å². The largest absolute Gasteiger partial charge is 0.373 e. The van der Waals surface area contributed by atoms with Crippen molar-refractivity contribution in [2.75, 3.05) is 5.32 Å². The molecule has 3 rings (SSSR count). The molecule has 106 valence electrons. The Morgan fingerprint density at radius 2 is 2.05 bits per heavy atom. The molecular formula is C16H21N3O. The van der Waals surface area contributed by atoms with E-state index in [2.05, 4.69) is 48.5 Å². The van der Waals surface area contributed by atoms with E-state index in [-0.39, 0.29) is 23.9 Å². The minimum atomic E-state index is -0.205. The minimum absolute atomic E-state index is 0.0821. The number of anilines is 1. The first kappa shape index (κ1) is 13.0. The Morgan fingerprint density at radius 3 is 2.80 bits per heavy atom. The van der Waals surface area contributed by atoms with Crippen LogP contribution in [0.3, 0.4) is 0 Å². The van der Waals surface area contributed by atoms with Crippen molar-refractivity contribution in [3.8, 4) is 0 Å². The minimum Gasteiger partial charge on any atom is -0.373 e. The predicted octanol–water partition coefficient (Wildman–Crippen LogP) is 2.67. The molecule has 1 amide bonds. The average Bonchev–Trinajstić information content (AvgIpc) is 2.79. The van der Waals surface area contributed by atoms with Crippen molar-refractivity contribution in [2.45, 2.75) is 39.3 Å². The molecule has 2 heterocycles. The van der Waals surface area contributed by atoms with Gasteiger partial charge in [0.2, 0.25) is 5.91 Å². The summed E-state index contributed by atoms with van der Waals surface area (Å²) in [6.07, 6.45) is 2.89. The van der Waals surface area contributed by atoms with Gasteiger partial charge in [0.15, 0.2) is 0 Å². The highest BCUT2D eigenvalue weighted by molar-refractivity contribution is 5.97. The molecule has 20 heavy (non-hydrogen) atoms. The molecule has 2 aromatic rings. The second-order valence-corrected chi connectivity index (χ2v) is 6.02. The molecule has 3 N–H and O–H groups in total. The van der Waals surface area contributed by atoms with E-state index in [9.17, 15) is 4.79 Å². The lowest BCUT2D eigenvalue weighted by molar-refractivity contribution is -0.123. The van der Waals surface area contributed by atoms with E-state index in [1.54, 1.807) is 0 Å². The average molecular weight is 271 g/mol. The Labute approximate surface area is 118 Å². The van der Waals surface area contributed by atoms with Gasteiger partial charge in [-0.3, -0.25) is 4.79 Å². The van der Waals surface area contributed by atoms with Crippen LogP contribution in [0.5, 0.6) is 0 Å². The number of hydrogen-bond acceptors (Lipinski definition) is 2. The van der Waals surface area contributed by atoms with E-state index in [0.717, 1.165) is 17.6 Å². The van der Waals surface area contributed by atoms with Gasteiger partial charge in [0.1, 0.15) is 6.04 Å². The van der Waals surface area contributed by atoms with Gasteiger partial charge in [-0.15, -0.1) is 0 Å². The molecule has 0 saturated carbocycles. The fraction of sp³-hybridized carbons (Fsp3) is 0.438. The Morgan fingerprint density at radius 1 is 1.25 bits per heavy atom. The highest BCUT2D eigenvalue weighted by atomic mass is 16.2. The van der Waals surface area contributed by atoms with E-state index in [0.29, 0.717) is 0 Å². The summed E-state index contributed by atoms with van der Waals surface area (Å²) in [7, 11) is 0. The lowest BCUT2D eigenvalue weighted by Gasteiger charge is -2.23. The molecule has 0 bridgehead atoms. The van der Waals surface area contributed by atoms with Crippen molar-refractivity contribution >= 4 is 22.5 Å². The highest BCUT2D eigenvalue weighted by Gasteiger charge is 2.26. The predicted molar refractivity (Wildman–Crippen MR) is 81.9 cm³/mol. The molecule has 1 aliphatic rings. The maximum Gasteiger partial charge on any atom is 0.242 e. The summed E-state index contributed by atoms with van der Waals surface area (Å²) in [5, 5.41) is 7.74. The van der Waals surface area contributed by atoms with Gasteiger partial charge in [0.05, 0.1) is 0 Å². The number of aromatic amines is 1. The SMILES string of the molecule is CC1Cc2c[nH]c3cccc(c23)NC(C(C)C)C(=O)N1. The zero-order valence-corrected chi connectivity index (χ0v) is 12.2. The summed E-state index contributed by atoms with van der Waals surface area (Å²) in [5.74, 6) is 0.316. The maximum absolute atomic E-state index is 12.4. The topological polar surface area (TPSA) is 56.9 Å². The zero-order valence-electron chi connectivity index (χ0n) is 12.2. The molecule has 0 saturated heterocycles. The molecule has 1 aliphatic heterocycles. The van der Waals surface area contributed by atoms with Gasteiger partial charge in [-0.2, -0.15) is 0 Å². The molecule has 4 nitrogen and oxygen atoms in total. The number of aromatic nitrogens is 1. The van der Waals surface area contributed by atoms with Crippen LogP contribution in [-0.4, -0.2) is 23.0 Å². The first-order chi connectivity index (χ1) is 9.56. The number of hydrogen-bond donors (Lipinski definition) is 3. The van der Waals surface area contributed by atoms with Crippen molar-refractivity contribution in [3.63, 3.8) is 0 Å². The maximum atomic E-state index is 12.4. The molecule has 2 atom stereocenters. The van der Waals surface area contributed by atoms with Crippen molar-refractivity contribution in [1.82, 2.24) is 10.3 Å². The van der Waals surface area contributed by atoms with Gasteiger partial charge in [0, 0.05) is 28.8 Å². The lowest BCUT2D eigenvalue weighted by Crippen LogP contribution is -2.46. The van der Waals surface area contributed by atoms with Gasteiger partial charge in [-0.25, -0.2) is 0 Å². The third kappa shape index (κ3) is 2.15. The van der Waals surface area contributed by atoms with Gasteiger partial charge in [0.25, 0.3) is 0 Å². The second-order valence-electron chi connectivity index (χ2n) is 6.02. The first-order valence-electron chi connectivity index (χ1n) is 7.22. The van der Waals surface area contributed by atoms with Crippen molar-refractivity contribution < 1.29 is 4.79 Å². The summed E-state index contributed by atoms with van der Waals surface area (Å²) in [6, 6.07) is 6.08. The van der Waals surface area contributed by atoms with Crippen LogP contribution in [0.25, 0.3) is 10.9 Å². The molecule has 0 fully saturated rings. The molecule has 4 heteroatoms. The smallest absolute Gasteiger partial charge is 0.242 e. The first-order valence-corrected chi connectivity index (χ1v) is 7.22. The number of amides is 1. The van der Waals surface area contributed by atoms with Gasteiger partial charge < -0.3 is 15.6 Å². The van der Waals surface area contributed by atoms with Crippen LogP contribution in [0.15, 0.2) is 24.4 Å². The number of carbonyl (C=O) groups excluding carboxylic acids is 1. The molecule has 0 aliphatic carbocycles. The third-order valence-electron chi connectivity index (χ3n) is 3.96. The van der Waals surface area contributed by atoms with Crippen LogP contribution in [0.2, 0.25) is 0 Å². The van der Waals surface area contributed by atoms with Gasteiger partial charge in [-0.05, 0) is 37.0 Å². The lowest BCUT2D eigenvalue weighted by atomic mass is 10.0. The third-order valence-corrected chi connectivity index (χ3v) is 3.96. The zero-order chi connectivity index (χ0) is 14.3. The molecule has 2 unspecified atom stereocenters. The van der Waals surface area contributed by atoms with E-state index in [4.69, 9.17) is 0 Å². The van der Waals surface area contributed by atoms with Crippen LogP contribution in [-0.2, 0) is 11.2 Å². The summed E-state index contributed by atoms with van der Waals surface area (Å²) in [5.41, 5.74) is 3.41. The van der Waals surface area contributed by atoms with E-state index in [1.165, 1.54) is 10.9 Å². The fourth-order valence-corrected chi connectivity index (χ4v) is 2.95. The fourth-order valence-electron chi connectivity index (χ4n) is 2.95. The standard InChI is InChI=1S/C16H21N3O/c1-9(2)15-16(20)18-10(3)7-11-8-17-12-5-4-6-13(19-15)14(11)12/h4-6,8-10,15,17,19H,7H2,1-3H3,(H,18,20). The molecule has 1 aromatic carbocycles. The summed E-state index contributed by atoms with van der Waals surface area (Å²) in [6.45, 7) is 6.19. The van der Waals surface area contributed by atoms with Gasteiger partial charge in [-0.1, -0.05) is 19.9 Å². The number of nitrogens with one attached hydrogen (secondary N) is 3. The van der Waals surface area contributed by atoms with Crippen molar-refractivity contribution in [1.29, 1.82) is 0 Å². The van der Waals surface area contributed by atoms with Crippen LogP contribution < -0.4 is 10.6 Å². The van der Waals surface area contributed by atoms with E-state index >= 15 is 0 Å². The van der Waals surface area contributed by atoms with Gasteiger partial charge >= 0.3 is 0 Å². The van der Waals surface area contributed by atoms with Crippen LogP contribution in [0, 0.1) is 5.92 Å². The van der Waals surface area contributed by atoms with Crippen molar-refractivity contribution in [3.05, 3.63) is 30.0 Å². The Bertz CT molecular complexity index is 644. The normalized spacial score (nSPS) is 22.9. The number of benzene rings is 1. The monoisotopic (exact) mass is 271 g/mol. The van der Waals surface area contributed by atoms with E-state index < -0.39 is 0 Å². The summed E-state index contributed by atoms with van der Waals surface area (Å²) in [4.78, 5) is 15.7. The summed E-state index contributed by atoms with van der Waals surface area (Å²) >= 11 is 0. The number of H-pyrrole nitrogens is 1. The van der Waals surface area contributed by atoms with Crippen LogP contribution in [0.1, 0.15) is 26.3 Å². The summed E-state index contributed by atoms with van der Waals surface area (Å²) < 4.78 is 0. The number of rotatable bonds is 1. The second kappa shape index (κ2) is 4.85. The molecule has 0 radical (unpaired) electrons. The van der Waals surface area contributed by atoms with E-state index in [1.807, 2.05) is 12.3 Å². The highest BCUT2D eigenvalue weighted by Crippen LogP contribution is 2.29. The van der Waals surface area contributed by atoms with Crippen LogP contribution >= 0.6 is 0 Å². The Balaban J connectivity index is 2.14. The Kier molecular flexibility index (Phi) is 3.16. The molecule has 0 spiro atoms. The van der Waals surface area contributed by atoms with Crippen LogP contribution in [0.4, 0.5) is 5.69 Å². The quantitative estimate of drug-likeness (QED) is 0.747. The molecular weight excluding hydrogens is 250 g/mol. The Hall–Kier alpha value is -1.97.